The first-order valence-electron chi connectivity index (χ1n) is 12.0. The smallest absolute Gasteiger partial charge is 0.337 e. The van der Waals surface area contributed by atoms with Crippen molar-refractivity contribution in [3.8, 4) is 22.6 Å². The lowest BCUT2D eigenvalue weighted by atomic mass is 9.91. The fraction of sp³-hybridized carbons (Fsp3) is 0.296. The topological polar surface area (TPSA) is 112 Å². The lowest BCUT2D eigenvalue weighted by Gasteiger charge is -2.28. The fourth-order valence-electron chi connectivity index (χ4n) is 4.83. The third-order valence-corrected chi connectivity index (χ3v) is 6.65. The molecule has 5 rings (SSSR count). The third-order valence-electron chi connectivity index (χ3n) is 6.65. The average Bonchev–Trinajstić information content (AvgIpc) is 2.89. The van der Waals surface area contributed by atoms with E-state index in [4.69, 9.17) is 15.6 Å². The van der Waals surface area contributed by atoms with Crippen molar-refractivity contribution in [2.45, 2.75) is 37.8 Å². The van der Waals surface area contributed by atoms with Gasteiger partial charge in [-0.2, -0.15) is 0 Å². The Bertz CT molecular complexity index is 1510. The van der Waals surface area contributed by atoms with Gasteiger partial charge in [0.1, 0.15) is 18.2 Å². The molecule has 0 unspecified atom stereocenters. The molecule has 8 nitrogen and oxygen atoms in total. The van der Waals surface area contributed by atoms with Crippen LogP contribution in [0.1, 0.15) is 31.7 Å². The van der Waals surface area contributed by atoms with Crippen LogP contribution in [0.4, 0.5) is 4.39 Å². The second kappa shape index (κ2) is 10.0. The van der Waals surface area contributed by atoms with Crippen LogP contribution in [0.25, 0.3) is 27.8 Å². The molecule has 1 aliphatic carbocycles. The molecule has 3 N–H and O–H groups in total. The van der Waals surface area contributed by atoms with E-state index in [9.17, 15) is 14.0 Å². The van der Waals surface area contributed by atoms with E-state index in [1.165, 1.54) is 9.13 Å². The fourth-order valence-corrected chi connectivity index (χ4v) is 4.83. The summed E-state index contributed by atoms with van der Waals surface area (Å²) >= 11 is 0. The normalized spacial score (nSPS) is 17.9. The van der Waals surface area contributed by atoms with Crippen LogP contribution >= 0.6 is 0 Å². The minimum Gasteiger partial charge on any atom is -0.491 e. The maximum Gasteiger partial charge on any atom is 0.337 e. The van der Waals surface area contributed by atoms with Crippen molar-refractivity contribution in [1.82, 2.24) is 14.1 Å². The highest BCUT2D eigenvalue weighted by molar-refractivity contribution is 5.76. The molecule has 186 valence electrons. The molecular weight excluding hydrogens is 463 g/mol. The number of aromatic nitrogens is 3. The van der Waals surface area contributed by atoms with Gasteiger partial charge in [0.15, 0.2) is 5.65 Å². The van der Waals surface area contributed by atoms with Crippen molar-refractivity contribution in [1.29, 1.82) is 0 Å². The molecule has 1 saturated carbocycles. The molecule has 2 aromatic carbocycles. The molecule has 0 radical (unpaired) electrons. The largest absolute Gasteiger partial charge is 0.491 e. The van der Waals surface area contributed by atoms with Crippen LogP contribution in [0.3, 0.4) is 0 Å². The van der Waals surface area contributed by atoms with E-state index >= 15 is 0 Å². The number of hydrogen-bond donors (Lipinski definition) is 2. The Labute approximate surface area is 206 Å². The maximum absolute atomic E-state index is 14.1. The molecule has 0 saturated heterocycles. The predicted octanol–water partition coefficient (Wildman–Crippen LogP) is 3.17. The summed E-state index contributed by atoms with van der Waals surface area (Å²) in [6.45, 7) is 0.140. The van der Waals surface area contributed by atoms with Gasteiger partial charge in [-0.3, -0.25) is 9.36 Å². The van der Waals surface area contributed by atoms with Gasteiger partial charge in [0.2, 0.25) is 0 Å². The van der Waals surface area contributed by atoms with E-state index in [0.717, 1.165) is 23.4 Å². The first-order chi connectivity index (χ1) is 17.5. The van der Waals surface area contributed by atoms with Gasteiger partial charge in [-0.25, -0.2) is 18.7 Å². The van der Waals surface area contributed by atoms with Crippen molar-refractivity contribution in [2.24, 2.45) is 5.73 Å². The number of aliphatic hydroxyl groups excluding tert-OH is 1. The SMILES string of the molecule is NC1CCC(n2c(=O)c3cc(F)cnc3n(-c3cccc(-c4ccc(OCCO)cc4)c3)c2=O)CC1. The Morgan fingerprint density at radius 3 is 2.50 bits per heavy atom. The number of nitrogens with zero attached hydrogens (tertiary/aromatic N) is 3. The Morgan fingerprint density at radius 2 is 1.78 bits per heavy atom. The van der Waals surface area contributed by atoms with Gasteiger partial charge in [0.05, 0.1) is 23.9 Å². The summed E-state index contributed by atoms with van der Waals surface area (Å²) in [5.74, 6) is -0.00376. The molecule has 1 aliphatic rings. The van der Waals surface area contributed by atoms with Crippen molar-refractivity contribution in [3.05, 3.63) is 87.4 Å². The van der Waals surface area contributed by atoms with Crippen molar-refractivity contribution in [3.63, 3.8) is 0 Å². The molecule has 1 fully saturated rings. The van der Waals surface area contributed by atoms with Crippen molar-refractivity contribution >= 4 is 11.0 Å². The summed E-state index contributed by atoms with van der Waals surface area (Å²) in [6.07, 6.45) is 3.65. The number of fused-ring (bicyclic) bond motifs is 1. The number of halogens is 1. The highest BCUT2D eigenvalue weighted by Gasteiger charge is 2.26. The summed E-state index contributed by atoms with van der Waals surface area (Å²) in [5.41, 5.74) is 7.36. The monoisotopic (exact) mass is 490 g/mol. The van der Waals surface area contributed by atoms with Gasteiger partial charge in [-0.05, 0) is 67.1 Å². The molecule has 0 amide bonds. The van der Waals surface area contributed by atoms with Crippen LogP contribution in [0.5, 0.6) is 5.75 Å². The zero-order chi connectivity index (χ0) is 25.2. The number of benzene rings is 2. The zero-order valence-electron chi connectivity index (χ0n) is 19.6. The van der Waals surface area contributed by atoms with Crippen molar-refractivity contribution < 1.29 is 14.2 Å². The van der Waals surface area contributed by atoms with Crippen LogP contribution in [-0.4, -0.2) is 38.5 Å². The molecule has 9 heteroatoms. The Kier molecular flexibility index (Phi) is 6.67. The summed E-state index contributed by atoms with van der Waals surface area (Å²) in [6, 6.07) is 15.6. The summed E-state index contributed by atoms with van der Waals surface area (Å²) in [4.78, 5) is 31.3. The first-order valence-corrected chi connectivity index (χ1v) is 12.0. The van der Waals surface area contributed by atoms with Crippen LogP contribution in [0.2, 0.25) is 0 Å². The molecule has 0 aliphatic heterocycles. The lowest BCUT2D eigenvalue weighted by Crippen LogP contribution is -2.44. The Balaban J connectivity index is 1.64. The molecule has 2 heterocycles. The van der Waals surface area contributed by atoms with Gasteiger partial charge in [0.25, 0.3) is 5.56 Å². The second-order valence-corrected chi connectivity index (χ2v) is 9.03. The highest BCUT2D eigenvalue weighted by Crippen LogP contribution is 2.28. The van der Waals surface area contributed by atoms with Gasteiger partial charge >= 0.3 is 5.69 Å². The standard InChI is InChI=1S/C27H27FN4O4/c28-19-15-24-25(30-16-19)31(27(35)32(26(24)34)21-8-6-20(29)7-9-21)22-3-1-2-18(14-22)17-4-10-23(11-5-17)36-13-12-33/h1-5,10-11,14-16,20-21,33H,6-9,12-13,29H2. The van der Waals surface area contributed by atoms with E-state index < -0.39 is 17.1 Å². The second-order valence-electron chi connectivity index (χ2n) is 9.03. The van der Waals surface area contributed by atoms with E-state index in [1.807, 2.05) is 30.3 Å². The van der Waals surface area contributed by atoms with Crippen molar-refractivity contribution in [2.75, 3.05) is 13.2 Å². The molecule has 4 aromatic rings. The molecule has 36 heavy (non-hydrogen) atoms. The van der Waals surface area contributed by atoms with E-state index in [0.29, 0.717) is 37.1 Å². The number of aliphatic hydroxyl groups is 1. The van der Waals surface area contributed by atoms with Gasteiger partial charge in [-0.15, -0.1) is 0 Å². The molecule has 0 spiro atoms. The highest BCUT2D eigenvalue weighted by atomic mass is 19.1. The van der Waals surface area contributed by atoms with Gasteiger partial charge in [-0.1, -0.05) is 24.3 Å². The van der Waals surface area contributed by atoms with E-state index in [2.05, 4.69) is 4.98 Å². The summed E-state index contributed by atoms with van der Waals surface area (Å²) in [7, 11) is 0. The van der Waals surface area contributed by atoms with Crippen LogP contribution < -0.4 is 21.7 Å². The summed E-state index contributed by atoms with van der Waals surface area (Å²) < 4.78 is 22.2. The Morgan fingerprint density at radius 1 is 1.03 bits per heavy atom. The quantitative estimate of drug-likeness (QED) is 0.429. The number of pyridine rings is 1. The molecule has 2 aromatic heterocycles. The average molecular weight is 491 g/mol. The van der Waals surface area contributed by atoms with Crippen LogP contribution in [-0.2, 0) is 0 Å². The molecule has 0 bridgehead atoms. The molecular formula is C27H27FN4O4. The third kappa shape index (κ3) is 4.55. The number of hydrogen-bond acceptors (Lipinski definition) is 6. The minimum absolute atomic E-state index is 0.0517. The minimum atomic E-state index is -0.640. The van der Waals surface area contributed by atoms with Crippen LogP contribution in [0.15, 0.2) is 70.4 Å². The van der Waals surface area contributed by atoms with Crippen LogP contribution in [0, 0.1) is 5.82 Å². The number of ether oxygens (including phenoxy) is 1. The maximum atomic E-state index is 14.1. The number of rotatable bonds is 6. The molecule has 0 atom stereocenters. The van der Waals surface area contributed by atoms with E-state index in [-0.39, 0.29) is 36.3 Å². The van der Waals surface area contributed by atoms with E-state index in [1.54, 1.807) is 18.2 Å². The van der Waals surface area contributed by atoms with Gasteiger partial charge in [0, 0.05) is 12.1 Å². The lowest BCUT2D eigenvalue weighted by molar-refractivity contribution is 0.201. The first kappa shape index (κ1) is 23.9. The summed E-state index contributed by atoms with van der Waals surface area (Å²) in [5, 5.41) is 8.99. The Hall–Kier alpha value is -3.82. The number of nitrogens with two attached hydrogens (primary N) is 1. The zero-order valence-corrected chi connectivity index (χ0v) is 19.6. The van der Waals surface area contributed by atoms with Gasteiger partial charge < -0.3 is 15.6 Å². The predicted molar refractivity (Wildman–Crippen MR) is 135 cm³/mol.